The summed E-state index contributed by atoms with van der Waals surface area (Å²) in [6.45, 7) is 2.79. The minimum atomic E-state index is -0.569. The predicted molar refractivity (Wildman–Crippen MR) is 133 cm³/mol. The standard InChI is InChI=1S/C27H26N2O4S/c1-16-13-24(30)26(32)27(33-16)21(17-7-9-18(34-2)10-8-17)14-25(31)29-12-11-20-19-5-3-4-6-22(19)28-23(20)15-29/h3-10,13,21,28,32H,11-12,14-15H2,1-2H3/t21-/m0/s1. The van der Waals surface area contributed by atoms with Gasteiger partial charge in [0.05, 0.1) is 12.5 Å². The van der Waals surface area contributed by atoms with Gasteiger partial charge in [-0.05, 0) is 48.9 Å². The SMILES string of the molecule is CSc1ccc([C@H](CC(=O)N2CCc3c([nH]c4ccccc34)C2)c2oc(C)cc(=O)c2O)cc1. The van der Waals surface area contributed by atoms with Crippen LogP contribution in [0.4, 0.5) is 0 Å². The van der Waals surface area contributed by atoms with E-state index in [9.17, 15) is 14.7 Å². The number of fused-ring (bicyclic) bond motifs is 3. The van der Waals surface area contributed by atoms with Crippen LogP contribution < -0.4 is 5.43 Å². The molecule has 0 saturated carbocycles. The molecule has 0 unspecified atom stereocenters. The first-order chi connectivity index (χ1) is 16.4. The Hall–Kier alpha value is -3.45. The molecule has 174 valence electrons. The number of aromatic nitrogens is 1. The topological polar surface area (TPSA) is 86.5 Å². The van der Waals surface area contributed by atoms with Gasteiger partial charge in [0.25, 0.3) is 0 Å². The highest BCUT2D eigenvalue weighted by Crippen LogP contribution is 2.35. The number of para-hydroxylation sites is 1. The summed E-state index contributed by atoms with van der Waals surface area (Å²) in [5.41, 5.74) is 3.73. The van der Waals surface area contributed by atoms with Gasteiger partial charge in [-0.2, -0.15) is 0 Å². The van der Waals surface area contributed by atoms with Crippen molar-refractivity contribution in [1.29, 1.82) is 0 Å². The molecule has 1 amide bonds. The highest BCUT2D eigenvalue weighted by molar-refractivity contribution is 7.98. The molecule has 4 aromatic rings. The second-order valence-electron chi connectivity index (χ2n) is 8.66. The number of H-pyrrole nitrogens is 1. The van der Waals surface area contributed by atoms with E-state index in [0.717, 1.165) is 28.1 Å². The van der Waals surface area contributed by atoms with E-state index in [-0.39, 0.29) is 18.1 Å². The number of aromatic hydroxyl groups is 1. The summed E-state index contributed by atoms with van der Waals surface area (Å²) in [4.78, 5) is 32.2. The molecule has 34 heavy (non-hydrogen) atoms. The molecule has 0 radical (unpaired) electrons. The Balaban J connectivity index is 1.46. The lowest BCUT2D eigenvalue weighted by Crippen LogP contribution is -2.36. The number of carbonyl (C=O) groups is 1. The van der Waals surface area contributed by atoms with Crippen molar-refractivity contribution in [3.8, 4) is 5.75 Å². The molecule has 0 aliphatic carbocycles. The van der Waals surface area contributed by atoms with Crippen LogP contribution in [0.15, 0.2) is 68.7 Å². The summed E-state index contributed by atoms with van der Waals surface area (Å²) < 4.78 is 5.81. The predicted octanol–water partition coefficient (Wildman–Crippen LogP) is 4.96. The van der Waals surface area contributed by atoms with Gasteiger partial charge in [-0.15, -0.1) is 11.8 Å². The zero-order valence-electron chi connectivity index (χ0n) is 19.1. The van der Waals surface area contributed by atoms with Crippen LogP contribution >= 0.6 is 11.8 Å². The first-order valence-corrected chi connectivity index (χ1v) is 12.5. The maximum Gasteiger partial charge on any atom is 0.227 e. The van der Waals surface area contributed by atoms with Gasteiger partial charge in [-0.1, -0.05) is 30.3 Å². The Kier molecular flexibility index (Phi) is 5.96. The van der Waals surface area contributed by atoms with E-state index < -0.39 is 17.1 Å². The third-order valence-electron chi connectivity index (χ3n) is 6.52. The second kappa shape index (κ2) is 9.06. The molecule has 2 N–H and O–H groups in total. The Morgan fingerprint density at radius 2 is 1.97 bits per heavy atom. The number of hydrogen-bond acceptors (Lipinski definition) is 5. The van der Waals surface area contributed by atoms with E-state index in [2.05, 4.69) is 17.1 Å². The molecule has 2 aromatic heterocycles. The molecule has 0 spiro atoms. The molecule has 1 atom stereocenters. The van der Waals surface area contributed by atoms with Crippen LogP contribution in [0.3, 0.4) is 0 Å². The number of aromatic amines is 1. The van der Waals surface area contributed by atoms with Crippen LogP contribution in [0.25, 0.3) is 10.9 Å². The van der Waals surface area contributed by atoms with Crippen LogP contribution in [-0.2, 0) is 17.8 Å². The zero-order chi connectivity index (χ0) is 23.8. The van der Waals surface area contributed by atoms with E-state index in [0.29, 0.717) is 18.8 Å². The van der Waals surface area contributed by atoms with Crippen LogP contribution in [-0.4, -0.2) is 33.7 Å². The molecular weight excluding hydrogens is 448 g/mol. The molecule has 3 heterocycles. The van der Waals surface area contributed by atoms with Gasteiger partial charge in [-0.3, -0.25) is 9.59 Å². The Bertz CT molecular complexity index is 1420. The Labute approximate surface area is 201 Å². The summed E-state index contributed by atoms with van der Waals surface area (Å²) in [6, 6.07) is 17.3. The summed E-state index contributed by atoms with van der Waals surface area (Å²) >= 11 is 1.62. The van der Waals surface area contributed by atoms with E-state index in [1.807, 2.05) is 47.6 Å². The average Bonchev–Trinajstić information content (AvgIpc) is 3.22. The lowest BCUT2D eigenvalue weighted by Gasteiger charge is -2.29. The molecule has 1 aliphatic rings. The maximum atomic E-state index is 13.5. The van der Waals surface area contributed by atoms with E-state index in [1.165, 1.54) is 17.0 Å². The Morgan fingerprint density at radius 3 is 2.74 bits per heavy atom. The van der Waals surface area contributed by atoms with Gasteiger partial charge in [-0.25, -0.2) is 0 Å². The van der Waals surface area contributed by atoms with E-state index in [1.54, 1.807) is 18.7 Å². The largest absolute Gasteiger partial charge is 0.502 e. The van der Waals surface area contributed by atoms with Crippen molar-refractivity contribution in [1.82, 2.24) is 9.88 Å². The van der Waals surface area contributed by atoms with Gasteiger partial charge < -0.3 is 19.4 Å². The highest BCUT2D eigenvalue weighted by atomic mass is 32.2. The number of amides is 1. The first kappa shape index (κ1) is 22.3. The number of nitrogens with one attached hydrogen (secondary N) is 1. The highest BCUT2D eigenvalue weighted by Gasteiger charge is 2.30. The van der Waals surface area contributed by atoms with Crippen molar-refractivity contribution < 1.29 is 14.3 Å². The molecule has 6 nitrogen and oxygen atoms in total. The molecule has 0 fully saturated rings. The van der Waals surface area contributed by atoms with Gasteiger partial charge in [0.15, 0.2) is 5.76 Å². The molecule has 7 heteroatoms. The maximum absolute atomic E-state index is 13.5. The van der Waals surface area contributed by atoms with Gasteiger partial charge in [0, 0.05) is 40.5 Å². The lowest BCUT2D eigenvalue weighted by atomic mass is 9.91. The van der Waals surface area contributed by atoms with Crippen molar-refractivity contribution in [2.45, 2.75) is 37.1 Å². The first-order valence-electron chi connectivity index (χ1n) is 11.3. The summed E-state index contributed by atoms with van der Waals surface area (Å²) in [5.74, 6) is -0.518. The minimum Gasteiger partial charge on any atom is -0.502 e. The van der Waals surface area contributed by atoms with Crippen LogP contribution in [0.2, 0.25) is 0 Å². The summed E-state index contributed by atoms with van der Waals surface area (Å²) in [5, 5.41) is 11.8. The summed E-state index contributed by atoms with van der Waals surface area (Å²) in [6.07, 6.45) is 2.87. The minimum absolute atomic E-state index is 0.0493. The number of hydrogen-bond donors (Lipinski definition) is 2. The molecule has 0 bridgehead atoms. The van der Waals surface area contributed by atoms with E-state index >= 15 is 0 Å². The van der Waals surface area contributed by atoms with Crippen molar-refractivity contribution in [3.63, 3.8) is 0 Å². The average molecular weight is 475 g/mol. The monoisotopic (exact) mass is 474 g/mol. The molecule has 2 aromatic carbocycles. The van der Waals surface area contributed by atoms with Crippen molar-refractivity contribution in [2.75, 3.05) is 12.8 Å². The number of rotatable bonds is 5. The van der Waals surface area contributed by atoms with Gasteiger partial charge >= 0.3 is 0 Å². The fourth-order valence-corrected chi connectivity index (χ4v) is 5.18. The fourth-order valence-electron chi connectivity index (χ4n) is 4.77. The van der Waals surface area contributed by atoms with Crippen molar-refractivity contribution >= 4 is 28.6 Å². The number of carbonyl (C=O) groups excluding carboxylic acids is 1. The smallest absolute Gasteiger partial charge is 0.227 e. The van der Waals surface area contributed by atoms with Crippen molar-refractivity contribution in [3.05, 3.63) is 93.2 Å². The third-order valence-corrected chi connectivity index (χ3v) is 7.26. The molecular formula is C27H26N2O4S. The fraction of sp³-hybridized carbons (Fsp3) is 0.259. The van der Waals surface area contributed by atoms with E-state index in [4.69, 9.17) is 4.42 Å². The van der Waals surface area contributed by atoms with Gasteiger partial charge in [0.2, 0.25) is 17.1 Å². The normalized spacial score (nSPS) is 14.2. The Morgan fingerprint density at radius 1 is 1.21 bits per heavy atom. The van der Waals surface area contributed by atoms with Crippen LogP contribution in [0, 0.1) is 6.92 Å². The lowest BCUT2D eigenvalue weighted by molar-refractivity contribution is -0.132. The number of aryl methyl sites for hydroxylation is 1. The third kappa shape index (κ3) is 4.12. The summed E-state index contributed by atoms with van der Waals surface area (Å²) in [7, 11) is 0. The van der Waals surface area contributed by atoms with Crippen LogP contribution in [0.5, 0.6) is 5.75 Å². The number of nitrogens with zero attached hydrogens (tertiary/aromatic N) is 1. The van der Waals surface area contributed by atoms with Gasteiger partial charge in [0.1, 0.15) is 5.76 Å². The van der Waals surface area contributed by atoms with Crippen LogP contribution in [0.1, 0.15) is 40.7 Å². The number of thioether (sulfide) groups is 1. The molecule has 0 saturated heterocycles. The quantitative estimate of drug-likeness (QED) is 0.399. The zero-order valence-corrected chi connectivity index (χ0v) is 19.9. The number of benzene rings is 2. The molecule has 1 aliphatic heterocycles. The molecule has 5 rings (SSSR count). The van der Waals surface area contributed by atoms with Crippen molar-refractivity contribution in [2.24, 2.45) is 0 Å². The second-order valence-corrected chi connectivity index (χ2v) is 9.54.